The quantitative estimate of drug-likeness (QED) is 0.403. The average molecular weight is 433 g/mol. The van der Waals surface area contributed by atoms with Gasteiger partial charge in [-0.05, 0) is 36.2 Å². The van der Waals surface area contributed by atoms with E-state index in [-0.39, 0.29) is 0 Å². The molecular weight excluding hydrogens is 408 g/mol. The topological polar surface area (TPSA) is 59.7 Å². The monoisotopic (exact) mass is 432 g/mol. The summed E-state index contributed by atoms with van der Waals surface area (Å²) in [5, 5.41) is 1.07. The van der Waals surface area contributed by atoms with Crippen LogP contribution in [0.2, 0.25) is 0 Å². The van der Waals surface area contributed by atoms with Gasteiger partial charge in [0.2, 0.25) is 0 Å². The van der Waals surface area contributed by atoms with Crippen LogP contribution in [-0.4, -0.2) is 31.0 Å². The van der Waals surface area contributed by atoms with Gasteiger partial charge in [0.25, 0.3) is 0 Å². The van der Waals surface area contributed by atoms with Gasteiger partial charge in [-0.15, -0.1) is 0 Å². The van der Waals surface area contributed by atoms with Crippen molar-refractivity contribution in [3.8, 4) is 11.4 Å². The first kappa shape index (κ1) is 19.6. The van der Waals surface area contributed by atoms with Crippen LogP contribution in [-0.2, 0) is 25.9 Å². The van der Waals surface area contributed by atoms with Gasteiger partial charge in [-0.3, -0.25) is 4.98 Å². The summed E-state index contributed by atoms with van der Waals surface area (Å²) in [7, 11) is 0. The lowest BCUT2D eigenvalue weighted by Gasteiger charge is -2.29. The summed E-state index contributed by atoms with van der Waals surface area (Å²) in [5.74, 6) is 1.70. The Morgan fingerprint density at radius 3 is 2.55 bits per heavy atom. The molecule has 0 amide bonds. The Morgan fingerprint density at radius 2 is 1.67 bits per heavy atom. The van der Waals surface area contributed by atoms with E-state index in [4.69, 9.17) is 15.0 Å². The van der Waals surface area contributed by atoms with Crippen molar-refractivity contribution in [3.63, 3.8) is 0 Å². The number of aromatic nitrogens is 5. The summed E-state index contributed by atoms with van der Waals surface area (Å²) in [4.78, 5) is 21.1. The second-order valence-corrected chi connectivity index (χ2v) is 8.36. The first-order valence-electron chi connectivity index (χ1n) is 11.3. The molecule has 6 rings (SSSR count). The first-order chi connectivity index (χ1) is 16.3. The second kappa shape index (κ2) is 8.47. The average Bonchev–Trinajstić information content (AvgIpc) is 3.30. The highest BCUT2D eigenvalue weighted by Gasteiger charge is 2.24. The van der Waals surface area contributed by atoms with Crippen molar-refractivity contribution in [2.24, 2.45) is 0 Å². The highest BCUT2D eigenvalue weighted by atomic mass is 15.2. The van der Waals surface area contributed by atoms with Crippen molar-refractivity contribution < 1.29 is 0 Å². The van der Waals surface area contributed by atoms with E-state index in [1.807, 2.05) is 24.5 Å². The number of hydrogen-bond donors (Lipinski definition) is 0. The molecule has 6 heteroatoms. The Hall–Kier alpha value is -4.06. The molecule has 162 valence electrons. The van der Waals surface area contributed by atoms with Gasteiger partial charge in [-0.1, -0.05) is 42.5 Å². The van der Waals surface area contributed by atoms with E-state index in [0.717, 1.165) is 66.3 Å². The summed E-state index contributed by atoms with van der Waals surface area (Å²) < 4.78 is 2.32. The van der Waals surface area contributed by atoms with Crippen LogP contribution in [0.25, 0.3) is 22.3 Å². The molecule has 2 aromatic carbocycles. The maximum atomic E-state index is 5.00. The molecule has 4 heterocycles. The van der Waals surface area contributed by atoms with E-state index in [1.54, 1.807) is 12.4 Å². The lowest BCUT2D eigenvalue weighted by Crippen LogP contribution is -2.32. The number of anilines is 1. The molecule has 0 bridgehead atoms. The highest BCUT2D eigenvalue weighted by molar-refractivity contribution is 5.91. The molecule has 0 spiro atoms. The van der Waals surface area contributed by atoms with Gasteiger partial charge in [-0.25, -0.2) is 15.0 Å². The van der Waals surface area contributed by atoms with Crippen molar-refractivity contribution in [2.75, 3.05) is 11.4 Å². The molecule has 0 saturated carbocycles. The maximum Gasteiger partial charge on any atom is 0.162 e. The molecule has 1 aliphatic heterocycles. The Morgan fingerprint density at radius 1 is 0.848 bits per heavy atom. The second-order valence-electron chi connectivity index (χ2n) is 8.36. The Balaban J connectivity index is 1.30. The van der Waals surface area contributed by atoms with Crippen LogP contribution in [0.5, 0.6) is 0 Å². The van der Waals surface area contributed by atoms with E-state index in [0.29, 0.717) is 0 Å². The number of benzene rings is 2. The van der Waals surface area contributed by atoms with Crippen LogP contribution in [0, 0.1) is 0 Å². The molecule has 3 aromatic heterocycles. The van der Waals surface area contributed by atoms with Gasteiger partial charge in [-0.2, -0.15) is 0 Å². The minimum atomic E-state index is 0.727. The molecule has 5 aromatic rings. The number of imidazole rings is 1. The number of pyridine rings is 1. The van der Waals surface area contributed by atoms with Crippen LogP contribution in [0.15, 0.2) is 85.5 Å². The number of hydrogen-bond acceptors (Lipinski definition) is 5. The van der Waals surface area contributed by atoms with Crippen molar-refractivity contribution in [2.45, 2.75) is 25.9 Å². The first-order valence-corrected chi connectivity index (χ1v) is 11.3. The predicted octanol–water partition coefficient (Wildman–Crippen LogP) is 4.69. The van der Waals surface area contributed by atoms with Gasteiger partial charge >= 0.3 is 0 Å². The van der Waals surface area contributed by atoms with Crippen molar-refractivity contribution in [1.82, 2.24) is 24.5 Å². The molecule has 0 saturated heterocycles. The summed E-state index contributed by atoms with van der Waals surface area (Å²) in [5.41, 5.74) is 5.76. The van der Waals surface area contributed by atoms with Crippen molar-refractivity contribution >= 4 is 16.7 Å². The molecule has 0 atom stereocenters. The van der Waals surface area contributed by atoms with E-state index in [9.17, 15) is 0 Å². The molecule has 1 aliphatic rings. The molecule has 0 N–H and O–H groups in total. The zero-order valence-electron chi connectivity index (χ0n) is 18.3. The fourth-order valence-corrected chi connectivity index (χ4v) is 4.57. The zero-order chi connectivity index (χ0) is 22.0. The number of para-hydroxylation sites is 1. The molecule has 0 aliphatic carbocycles. The number of aryl methyl sites for hydroxylation is 2. The summed E-state index contributed by atoms with van der Waals surface area (Å²) in [6.07, 6.45) is 7.52. The van der Waals surface area contributed by atoms with E-state index < -0.39 is 0 Å². The molecule has 0 unspecified atom stereocenters. The van der Waals surface area contributed by atoms with E-state index >= 15 is 0 Å². The summed E-state index contributed by atoms with van der Waals surface area (Å²) >= 11 is 0. The van der Waals surface area contributed by atoms with Gasteiger partial charge in [0.05, 0.1) is 24.1 Å². The van der Waals surface area contributed by atoms with Crippen LogP contribution < -0.4 is 4.90 Å². The van der Waals surface area contributed by atoms with Crippen molar-refractivity contribution in [1.29, 1.82) is 0 Å². The van der Waals surface area contributed by atoms with Crippen molar-refractivity contribution in [3.05, 3.63) is 102 Å². The van der Waals surface area contributed by atoms with Gasteiger partial charge in [0.1, 0.15) is 5.82 Å². The number of rotatable bonds is 5. The van der Waals surface area contributed by atoms with Gasteiger partial charge < -0.3 is 9.47 Å². The molecular formula is C27H24N6. The molecule has 33 heavy (non-hydrogen) atoms. The normalized spacial score (nSPS) is 13.3. The predicted molar refractivity (Wildman–Crippen MR) is 130 cm³/mol. The van der Waals surface area contributed by atoms with E-state index in [2.05, 4.69) is 63.0 Å². The minimum Gasteiger partial charge on any atom is -0.350 e. The van der Waals surface area contributed by atoms with E-state index in [1.165, 1.54) is 11.3 Å². The van der Waals surface area contributed by atoms with Gasteiger partial charge in [0.15, 0.2) is 5.82 Å². The standard InChI is InChI=1S/C27H24N6/c1-2-6-20(7-3-1)12-16-33-19-29-24-18-32(17-13-25(24)33)27-22-8-4-5-9-23(22)30-26(31-27)21-10-14-28-15-11-21/h1-11,14-15,19H,12-13,16-18H2. The van der Waals surface area contributed by atoms with Gasteiger partial charge in [0, 0.05) is 48.5 Å². The van der Waals surface area contributed by atoms with Crippen LogP contribution in [0.1, 0.15) is 17.0 Å². The Labute approximate surface area is 192 Å². The minimum absolute atomic E-state index is 0.727. The molecule has 6 nitrogen and oxygen atoms in total. The fourth-order valence-electron chi connectivity index (χ4n) is 4.57. The lowest BCUT2D eigenvalue weighted by molar-refractivity contribution is 0.623. The third-order valence-electron chi connectivity index (χ3n) is 6.30. The van der Waals surface area contributed by atoms with Crippen LogP contribution in [0.3, 0.4) is 0 Å². The summed E-state index contributed by atoms with van der Waals surface area (Å²) in [6.45, 7) is 2.61. The van der Waals surface area contributed by atoms with Crippen LogP contribution >= 0.6 is 0 Å². The van der Waals surface area contributed by atoms with Crippen LogP contribution in [0.4, 0.5) is 5.82 Å². The Kier molecular flexibility index (Phi) is 5.03. The molecule has 0 fully saturated rings. The third-order valence-corrected chi connectivity index (χ3v) is 6.30. The maximum absolute atomic E-state index is 5.00. The smallest absolute Gasteiger partial charge is 0.162 e. The largest absolute Gasteiger partial charge is 0.350 e. The number of fused-ring (bicyclic) bond motifs is 2. The fraction of sp³-hybridized carbons (Fsp3) is 0.185. The summed E-state index contributed by atoms with van der Waals surface area (Å²) in [6, 6.07) is 22.8. The highest BCUT2D eigenvalue weighted by Crippen LogP contribution is 2.30. The molecule has 0 radical (unpaired) electrons. The number of nitrogens with zero attached hydrogens (tertiary/aromatic N) is 6. The lowest BCUT2D eigenvalue weighted by atomic mass is 10.1. The zero-order valence-corrected chi connectivity index (χ0v) is 18.3. The SMILES string of the molecule is c1ccc(CCn2cnc3c2CCN(c2nc(-c4ccncc4)nc4ccccc24)C3)cc1. The third kappa shape index (κ3) is 3.84. The Bertz CT molecular complexity index is 1390.